The van der Waals surface area contributed by atoms with Gasteiger partial charge in [-0.15, -0.1) is 0 Å². The highest BCUT2D eigenvalue weighted by molar-refractivity contribution is 6.30. The van der Waals surface area contributed by atoms with E-state index in [0.29, 0.717) is 16.7 Å². The van der Waals surface area contributed by atoms with E-state index in [1.807, 2.05) is 49.4 Å². The fraction of sp³-hybridized carbons (Fsp3) is 0.211. The summed E-state index contributed by atoms with van der Waals surface area (Å²) in [5, 5.41) is 7.38. The van der Waals surface area contributed by atoms with Crippen LogP contribution in [0.2, 0.25) is 5.02 Å². The van der Waals surface area contributed by atoms with E-state index in [4.69, 9.17) is 16.1 Å². The summed E-state index contributed by atoms with van der Waals surface area (Å²) in [5.74, 6) is 0.552. The van der Waals surface area contributed by atoms with Gasteiger partial charge in [0, 0.05) is 10.6 Å². The number of hydrogen-bond acceptors (Lipinski definition) is 4. The Morgan fingerprint density at radius 3 is 2.72 bits per heavy atom. The number of rotatable bonds is 6. The quantitative estimate of drug-likeness (QED) is 0.719. The van der Waals surface area contributed by atoms with E-state index in [1.54, 1.807) is 12.1 Å². The summed E-state index contributed by atoms with van der Waals surface area (Å²) in [4.78, 5) is 16.8. The van der Waals surface area contributed by atoms with Crippen molar-refractivity contribution in [3.8, 4) is 11.5 Å². The second kappa shape index (κ2) is 7.94. The normalized spacial score (nSPS) is 11.9. The number of carbonyl (C=O) groups excluding carboxylic acids is 1. The van der Waals surface area contributed by atoms with Crippen molar-refractivity contribution in [2.75, 3.05) is 0 Å². The molecule has 0 saturated heterocycles. The first kappa shape index (κ1) is 17.2. The van der Waals surface area contributed by atoms with Gasteiger partial charge in [0.15, 0.2) is 5.82 Å². The summed E-state index contributed by atoms with van der Waals surface area (Å²) in [6.45, 7) is 2.20. The Kier molecular flexibility index (Phi) is 5.46. The van der Waals surface area contributed by atoms with Gasteiger partial charge in [-0.2, -0.15) is 4.98 Å². The lowest BCUT2D eigenvalue weighted by atomic mass is 9.96. The second-order valence-electron chi connectivity index (χ2n) is 5.62. The Morgan fingerprint density at radius 2 is 2.00 bits per heavy atom. The minimum Gasteiger partial charge on any atom is -0.348 e. The maximum Gasteiger partial charge on any atom is 0.258 e. The molecule has 0 aliphatic heterocycles. The maximum atomic E-state index is 12.5. The molecule has 0 saturated carbocycles. The highest BCUT2D eigenvalue weighted by atomic mass is 35.5. The Bertz CT molecular complexity index is 849. The lowest BCUT2D eigenvalue weighted by Crippen LogP contribution is -2.29. The number of nitrogens with one attached hydrogen (secondary N) is 1. The fourth-order valence-electron chi connectivity index (χ4n) is 2.61. The molecule has 0 aliphatic rings. The van der Waals surface area contributed by atoms with E-state index in [-0.39, 0.29) is 18.4 Å². The molecule has 0 radical (unpaired) electrons. The van der Waals surface area contributed by atoms with Crippen LogP contribution in [0.15, 0.2) is 59.1 Å². The highest BCUT2D eigenvalue weighted by Crippen LogP contribution is 2.21. The molecule has 0 aliphatic carbocycles. The van der Waals surface area contributed by atoms with Crippen LogP contribution in [0, 0.1) is 0 Å². The molecule has 128 valence electrons. The Balaban J connectivity index is 1.65. The maximum absolute atomic E-state index is 12.5. The molecular formula is C19H18ClN3O2. The van der Waals surface area contributed by atoms with E-state index >= 15 is 0 Å². The molecule has 0 fully saturated rings. The lowest BCUT2D eigenvalue weighted by molar-refractivity contribution is -0.122. The van der Waals surface area contributed by atoms with Crippen LogP contribution in [-0.4, -0.2) is 16.0 Å². The number of aromatic nitrogens is 2. The molecule has 5 nitrogen and oxygen atoms in total. The van der Waals surface area contributed by atoms with Crippen molar-refractivity contribution >= 4 is 17.5 Å². The molecule has 0 bridgehead atoms. The third-order valence-electron chi connectivity index (χ3n) is 3.89. The van der Waals surface area contributed by atoms with Crippen molar-refractivity contribution in [1.29, 1.82) is 0 Å². The molecule has 3 aromatic rings. The van der Waals surface area contributed by atoms with Crippen LogP contribution in [0.25, 0.3) is 11.5 Å². The monoisotopic (exact) mass is 355 g/mol. The first-order valence-corrected chi connectivity index (χ1v) is 8.46. The van der Waals surface area contributed by atoms with Crippen molar-refractivity contribution < 1.29 is 9.32 Å². The van der Waals surface area contributed by atoms with Crippen molar-refractivity contribution in [2.24, 2.45) is 0 Å². The third-order valence-corrected chi connectivity index (χ3v) is 4.12. The number of carbonyl (C=O) groups is 1. The van der Waals surface area contributed by atoms with E-state index < -0.39 is 0 Å². The minimum atomic E-state index is -0.194. The number of amides is 1. The number of benzene rings is 2. The topological polar surface area (TPSA) is 68.0 Å². The fourth-order valence-corrected chi connectivity index (χ4v) is 2.80. The standard InChI is InChI=1S/C19H18ClN3O2/c1-2-16(13-7-4-3-5-8-13)18(24)21-12-17-22-19(25-23-17)14-9-6-10-15(20)11-14/h3-11,16H,2,12H2,1H3,(H,21,24). The molecule has 1 atom stereocenters. The van der Waals surface area contributed by atoms with Gasteiger partial charge in [0.05, 0.1) is 12.5 Å². The summed E-state index contributed by atoms with van der Waals surface area (Å²) in [6, 6.07) is 16.9. The SMILES string of the molecule is CCC(C(=O)NCc1noc(-c2cccc(Cl)c2)n1)c1ccccc1. The van der Waals surface area contributed by atoms with Crippen LogP contribution in [-0.2, 0) is 11.3 Å². The van der Waals surface area contributed by atoms with Crippen LogP contribution in [0.3, 0.4) is 0 Å². The third kappa shape index (κ3) is 4.25. The summed E-state index contributed by atoms with van der Waals surface area (Å²) in [5.41, 5.74) is 1.74. The van der Waals surface area contributed by atoms with Crippen LogP contribution in [0.1, 0.15) is 30.7 Å². The number of hydrogen-bond donors (Lipinski definition) is 1. The minimum absolute atomic E-state index is 0.0530. The van der Waals surface area contributed by atoms with Gasteiger partial charge in [0.25, 0.3) is 5.89 Å². The van der Waals surface area contributed by atoms with Crippen LogP contribution in [0.4, 0.5) is 0 Å². The zero-order chi connectivity index (χ0) is 17.6. The zero-order valence-electron chi connectivity index (χ0n) is 13.8. The average Bonchev–Trinajstić information content (AvgIpc) is 3.11. The van der Waals surface area contributed by atoms with Gasteiger partial charge in [0.1, 0.15) is 0 Å². The van der Waals surface area contributed by atoms with Crippen LogP contribution < -0.4 is 5.32 Å². The predicted octanol–water partition coefficient (Wildman–Crippen LogP) is 4.20. The van der Waals surface area contributed by atoms with E-state index in [0.717, 1.165) is 17.5 Å². The largest absolute Gasteiger partial charge is 0.348 e. The van der Waals surface area contributed by atoms with Gasteiger partial charge >= 0.3 is 0 Å². The van der Waals surface area contributed by atoms with Crippen LogP contribution >= 0.6 is 11.6 Å². The van der Waals surface area contributed by atoms with Crippen molar-refractivity contribution in [3.05, 3.63) is 71.0 Å². The Hall–Kier alpha value is -2.66. The highest BCUT2D eigenvalue weighted by Gasteiger charge is 2.19. The van der Waals surface area contributed by atoms with Gasteiger partial charge in [-0.05, 0) is 30.2 Å². The van der Waals surface area contributed by atoms with Gasteiger partial charge in [-0.25, -0.2) is 0 Å². The van der Waals surface area contributed by atoms with Gasteiger partial charge in [-0.1, -0.05) is 60.1 Å². The molecule has 2 aromatic carbocycles. The Morgan fingerprint density at radius 1 is 1.20 bits per heavy atom. The summed E-state index contributed by atoms with van der Waals surface area (Å²) < 4.78 is 5.24. The first-order valence-electron chi connectivity index (χ1n) is 8.08. The predicted molar refractivity (Wildman–Crippen MR) is 96.1 cm³/mol. The molecule has 1 heterocycles. The van der Waals surface area contributed by atoms with E-state index in [1.165, 1.54) is 0 Å². The van der Waals surface area contributed by atoms with Gasteiger partial charge in [0.2, 0.25) is 5.91 Å². The zero-order valence-corrected chi connectivity index (χ0v) is 14.5. The molecule has 0 spiro atoms. The molecule has 6 heteroatoms. The summed E-state index contributed by atoms with van der Waals surface area (Å²) >= 11 is 5.97. The van der Waals surface area contributed by atoms with Gasteiger partial charge < -0.3 is 9.84 Å². The average molecular weight is 356 g/mol. The Labute approximate surface area is 151 Å². The molecule has 25 heavy (non-hydrogen) atoms. The number of nitrogens with zero attached hydrogens (tertiary/aromatic N) is 2. The molecule has 3 rings (SSSR count). The molecular weight excluding hydrogens is 338 g/mol. The molecule has 1 unspecified atom stereocenters. The number of halogens is 1. The van der Waals surface area contributed by atoms with E-state index in [2.05, 4.69) is 15.5 Å². The van der Waals surface area contributed by atoms with Crippen LogP contribution in [0.5, 0.6) is 0 Å². The van der Waals surface area contributed by atoms with Crippen molar-refractivity contribution in [3.63, 3.8) is 0 Å². The molecule has 1 amide bonds. The smallest absolute Gasteiger partial charge is 0.258 e. The molecule has 1 aromatic heterocycles. The summed E-state index contributed by atoms with van der Waals surface area (Å²) in [7, 11) is 0. The first-order chi connectivity index (χ1) is 12.2. The van der Waals surface area contributed by atoms with Crippen molar-refractivity contribution in [1.82, 2.24) is 15.5 Å². The molecule has 1 N–H and O–H groups in total. The van der Waals surface area contributed by atoms with Crippen molar-refractivity contribution in [2.45, 2.75) is 25.8 Å². The lowest BCUT2D eigenvalue weighted by Gasteiger charge is -2.14. The van der Waals surface area contributed by atoms with E-state index in [9.17, 15) is 4.79 Å². The second-order valence-corrected chi connectivity index (χ2v) is 6.05. The summed E-state index contributed by atoms with van der Waals surface area (Å²) in [6.07, 6.45) is 0.718. The van der Waals surface area contributed by atoms with Gasteiger partial charge in [-0.3, -0.25) is 4.79 Å².